The van der Waals surface area contributed by atoms with Crippen molar-refractivity contribution in [2.75, 3.05) is 44.9 Å². The molecule has 62 heavy (non-hydrogen) atoms. The largest absolute Gasteiger partial charge is 0.504 e. The number of fused-ring (bicyclic) bond motifs is 1. The first-order chi connectivity index (χ1) is 28.8. The normalized spacial score (nSPS) is 21.1. The van der Waals surface area contributed by atoms with Gasteiger partial charge in [0.15, 0.2) is 34.3 Å². The van der Waals surface area contributed by atoms with E-state index in [1.54, 1.807) is 0 Å². The number of aliphatic hydroxyl groups is 3. The van der Waals surface area contributed by atoms with E-state index in [-0.39, 0.29) is 65.3 Å². The summed E-state index contributed by atoms with van der Waals surface area (Å²) in [5.74, 6) is -1.44. The summed E-state index contributed by atoms with van der Waals surface area (Å²) in [6, 6.07) is 4.22. The predicted octanol–water partition coefficient (Wildman–Crippen LogP) is -0.497. The minimum atomic E-state index is -5.60. The fraction of sp³-hybridized carbons (Fsp3) is 0.548. The van der Waals surface area contributed by atoms with Crippen LogP contribution in [0.3, 0.4) is 0 Å². The lowest BCUT2D eigenvalue weighted by atomic mass is 9.87. The molecule has 12 N–H and O–H groups in total. The second kappa shape index (κ2) is 21.3. The van der Waals surface area contributed by atoms with Crippen LogP contribution >= 0.6 is 35.2 Å². The highest BCUT2D eigenvalue weighted by molar-refractivity contribution is 8.13. The molecule has 27 nitrogen and oxygen atoms in total. The molecule has 0 radical (unpaired) electrons. The Balaban J connectivity index is 1.19. The number of amides is 2. The number of benzene rings is 1. The molecule has 4 rings (SSSR count). The monoisotopic (exact) mass is 961 g/mol. The standard InChI is InChI=1S/C31H46N7O20P3S/c1-31(2,26(44)29(45)34-7-6-21(41)33-8-9-62-22(42)11-17(39)16-4-5-19(53-3)18(40)10-16)13-55-61(51,52)58-60(49,50)54-12-20-25(57-59(46,47)48)24(43)30(56-20)38-15-37-23-27(32)35-14-36-28(23)38/h4-5,10,14-15,17,20,24-26,30,39-40,43-44H,6-9,11-13H2,1-3H3,(H,33,41)(H,34,45)(H,49,50)(H,51,52)(H2,32,35,36)(H2,46,47,48)/t17?,20-,24-,25-,26+,30-/m1/s1. The zero-order chi connectivity index (χ0) is 46.2. The average molecular weight is 962 g/mol. The van der Waals surface area contributed by atoms with Crippen LogP contribution in [0.1, 0.15) is 44.6 Å². The number of nitrogens with two attached hydrogens (primary N) is 1. The molecule has 2 aromatic heterocycles. The number of nitrogens with one attached hydrogen (secondary N) is 2. The zero-order valence-electron chi connectivity index (χ0n) is 32.9. The Bertz CT molecular complexity index is 2210. The third kappa shape index (κ3) is 14.4. The highest BCUT2D eigenvalue weighted by atomic mass is 32.2. The van der Waals surface area contributed by atoms with Gasteiger partial charge in [-0.05, 0) is 17.7 Å². The molecule has 0 bridgehead atoms. The van der Waals surface area contributed by atoms with E-state index in [4.69, 9.17) is 24.3 Å². The van der Waals surface area contributed by atoms with Gasteiger partial charge in [-0.15, -0.1) is 0 Å². The SMILES string of the molecule is COc1ccc(C(O)CC(=O)SCCNC(=O)CCNC(=O)[C@H](O)C(C)(C)COP(=O)(O)OP(=O)(O)OC[C@H]2O[C@@H](n3cnc4c(N)ncnc43)[C@H](O)[C@@H]2OP(=O)(O)O)cc1O. The predicted molar refractivity (Wildman–Crippen MR) is 211 cm³/mol. The van der Waals surface area contributed by atoms with Gasteiger partial charge in [-0.2, -0.15) is 4.31 Å². The number of carbonyl (C=O) groups is 3. The van der Waals surface area contributed by atoms with Crippen LogP contribution < -0.4 is 21.1 Å². The van der Waals surface area contributed by atoms with E-state index >= 15 is 0 Å². The third-order valence-corrected chi connectivity index (χ3v) is 12.7. The van der Waals surface area contributed by atoms with Gasteiger partial charge < -0.3 is 65.8 Å². The number of phenolic OH excluding ortho intramolecular Hbond substituents is 1. The van der Waals surface area contributed by atoms with Crippen molar-refractivity contribution in [2.45, 2.75) is 63.4 Å². The smallest absolute Gasteiger partial charge is 0.481 e. The summed E-state index contributed by atoms with van der Waals surface area (Å²) in [4.78, 5) is 88.1. The number of phosphoric ester groups is 3. The van der Waals surface area contributed by atoms with Gasteiger partial charge in [0.1, 0.15) is 36.3 Å². The molecule has 0 saturated carbocycles. The highest BCUT2D eigenvalue weighted by Gasteiger charge is 2.50. The number of hydrogen-bond acceptors (Lipinski definition) is 21. The number of thioether (sulfide) groups is 1. The number of nitrogen functional groups attached to an aromatic ring is 1. The van der Waals surface area contributed by atoms with Crippen LogP contribution in [-0.4, -0.2) is 140 Å². The topological polar surface area (TPSA) is 413 Å². The molecule has 0 spiro atoms. The van der Waals surface area contributed by atoms with Crippen LogP contribution in [0.4, 0.5) is 5.82 Å². The molecule has 1 aromatic carbocycles. The summed E-state index contributed by atoms with van der Waals surface area (Å²) in [5, 5.41) is 46.1. The number of carbonyl (C=O) groups excluding carboxylic acids is 3. The lowest BCUT2D eigenvalue weighted by Gasteiger charge is -2.30. The fourth-order valence-corrected chi connectivity index (χ4v) is 9.08. The minimum absolute atomic E-state index is 0.0180. The van der Waals surface area contributed by atoms with Gasteiger partial charge in [-0.25, -0.2) is 28.6 Å². The number of phosphoric acid groups is 3. The lowest BCUT2D eigenvalue weighted by molar-refractivity contribution is -0.137. The number of nitrogens with zero attached hydrogens (tertiary/aromatic N) is 4. The number of ether oxygens (including phenoxy) is 2. The summed E-state index contributed by atoms with van der Waals surface area (Å²) in [5.41, 5.74) is 4.50. The molecule has 3 heterocycles. The second-order valence-corrected chi connectivity index (χ2v) is 19.3. The molecular weight excluding hydrogens is 915 g/mol. The summed E-state index contributed by atoms with van der Waals surface area (Å²) >= 11 is 0.858. The number of aromatic nitrogens is 4. The summed E-state index contributed by atoms with van der Waals surface area (Å²) in [6.07, 6.45) is -8.57. The van der Waals surface area contributed by atoms with Crippen molar-refractivity contribution >= 4 is 69.1 Å². The van der Waals surface area contributed by atoms with E-state index in [1.807, 2.05) is 0 Å². The maximum Gasteiger partial charge on any atom is 0.481 e. The van der Waals surface area contributed by atoms with Gasteiger partial charge in [0.25, 0.3) is 0 Å². The van der Waals surface area contributed by atoms with Crippen molar-refractivity contribution in [1.82, 2.24) is 30.2 Å². The van der Waals surface area contributed by atoms with Crippen LogP contribution in [0.25, 0.3) is 11.2 Å². The summed E-state index contributed by atoms with van der Waals surface area (Å²) in [6.45, 7) is 0.176. The van der Waals surface area contributed by atoms with Crippen LogP contribution in [0, 0.1) is 5.41 Å². The molecule has 1 aliphatic rings. The van der Waals surface area contributed by atoms with E-state index < -0.39 is 90.7 Å². The summed E-state index contributed by atoms with van der Waals surface area (Å²) in [7, 11) is -15.1. The first kappa shape index (κ1) is 51.0. The Morgan fingerprint density at radius 3 is 2.39 bits per heavy atom. The zero-order valence-corrected chi connectivity index (χ0v) is 36.4. The first-order valence-corrected chi connectivity index (χ1v) is 23.4. The average Bonchev–Trinajstić information content (AvgIpc) is 3.74. The Kier molecular flexibility index (Phi) is 17.6. The Morgan fingerprint density at radius 1 is 1.03 bits per heavy atom. The van der Waals surface area contributed by atoms with Gasteiger partial charge >= 0.3 is 23.5 Å². The number of aliphatic hydroxyl groups excluding tert-OH is 3. The molecular formula is C31H46N7O20P3S. The van der Waals surface area contributed by atoms with Crippen LogP contribution in [0.5, 0.6) is 11.5 Å². The Labute approximate surface area is 355 Å². The number of imidazole rings is 1. The third-order valence-electron chi connectivity index (χ3n) is 8.71. The number of rotatable bonds is 23. The molecule has 2 amide bonds. The van der Waals surface area contributed by atoms with Crippen LogP contribution in [-0.2, 0) is 50.7 Å². The van der Waals surface area contributed by atoms with Gasteiger partial charge in [-0.1, -0.05) is 31.7 Å². The first-order valence-electron chi connectivity index (χ1n) is 17.9. The van der Waals surface area contributed by atoms with Gasteiger partial charge in [0.05, 0.1) is 32.8 Å². The maximum atomic E-state index is 12.7. The Hall–Kier alpha value is -3.66. The van der Waals surface area contributed by atoms with Crippen molar-refractivity contribution in [3.63, 3.8) is 0 Å². The number of anilines is 1. The lowest BCUT2D eigenvalue weighted by Crippen LogP contribution is -2.46. The molecule has 346 valence electrons. The van der Waals surface area contributed by atoms with E-state index in [0.717, 1.165) is 29.0 Å². The molecule has 8 atom stereocenters. The van der Waals surface area contributed by atoms with Crippen LogP contribution in [0.15, 0.2) is 30.9 Å². The number of methoxy groups -OCH3 is 1. The van der Waals surface area contributed by atoms with Gasteiger partial charge in [0.2, 0.25) is 11.8 Å². The van der Waals surface area contributed by atoms with E-state index in [9.17, 15) is 68.1 Å². The molecule has 31 heteroatoms. The maximum absolute atomic E-state index is 12.7. The van der Waals surface area contributed by atoms with E-state index in [1.165, 1.54) is 39.2 Å². The van der Waals surface area contributed by atoms with Gasteiger partial charge in [-0.3, -0.25) is 32.5 Å². The minimum Gasteiger partial charge on any atom is -0.504 e. The van der Waals surface area contributed by atoms with Crippen molar-refractivity contribution in [1.29, 1.82) is 0 Å². The molecule has 1 fully saturated rings. The quantitative estimate of drug-likeness (QED) is 0.0421. The van der Waals surface area contributed by atoms with Crippen LogP contribution in [0.2, 0.25) is 0 Å². The number of phenols is 1. The summed E-state index contributed by atoms with van der Waals surface area (Å²) < 4.78 is 67.1. The fourth-order valence-electron chi connectivity index (χ4n) is 5.54. The number of hydrogen-bond donors (Lipinski definition) is 11. The molecule has 3 aromatic rings. The van der Waals surface area contributed by atoms with Crippen molar-refractivity contribution in [3.05, 3.63) is 36.4 Å². The molecule has 1 aliphatic heterocycles. The van der Waals surface area contributed by atoms with Crippen molar-refractivity contribution < 1.29 is 95.4 Å². The number of aromatic hydroxyl groups is 1. The van der Waals surface area contributed by atoms with E-state index in [2.05, 4.69) is 34.4 Å². The second-order valence-electron chi connectivity index (χ2n) is 13.9. The van der Waals surface area contributed by atoms with Crippen molar-refractivity contribution in [3.8, 4) is 11.5 Å². The molecule has 0 aliphatic carbocycles. The van der Waals surface area contributed by atoms with Crippen molar-refractivity contribution in [2.24, 2.45) is 5.41 Å². The van der Waals surface area contributed by atoms with Gasteiger partial charge in [0, 0.05) is 37.1 Å². The molecule has 3 unspecified atom stereocenters. The molecule has 1 saturated heterocycles. The highest BCUT2D eigenvalue weighted by Crippen LogP contribution is 2.61. The van der Waals surface area contributed by atoms with E-state index in [0.29, 0.717) is 5.56 Å². The Morgan fingerprint density at radius 2 is 1.73 bits per heavy atom.